The number of pyridine rings is 1. The maximum absolute atomic E-state index is 9.77. The van der Waals surface area contributed by atoms with Gasteiger partial charge in [0.25, 0.3) is 0 Å². The highest BCUT2D eigenvalue weighted by Gasteiger charge is 2.28. The third-order valence-electron chi connectivity index (χ3n) is 11.4. The zero-order valence-electron chi connectivity index (χ0n) is 33.2. The molecule has 0 spiro atoms. The van der Waals surface area contributed by atoms with Crippen LogP contribution in [-0.4, -0.2) is 9.55 Å². The molecule has 8 aromatic carbocycles. The van der Waals surface area contributed by atoms with Gasteiger partial charge >= 0.3 is 0 Å². The Balaban J connectivity index is 1.22. The molecular weight excluding hydrogens is 777 g/mol. The zero-order valence-corrected chi connectivity index (χ0v) is 34.0. The molecular formula is C55H34N6S. The predicted molar refractivity (Wildman–Crippen MR) is 254 cm³/mol. The molecule has 290 valence electrons. The van der Waals surface area contributed by atoms with Crippen molar-refractivity contribution in [3.63, 3.8) is 0 Å². The van der Waals surface area contributed by atoms with Crippen LogP contribution in [0.4, 0.5) is 39.9 Å². The molecule has 3 heterocycles. The highest BCUT2D eigenvalue weighted by molar-refractivity contribution is 7.99. The van der Waals surface area contributed by atoms with E-state index in [0.717, 1.165) is 93.9 Å². The predicted octanol–water partition coefficient (Wildman–Crippen LogP) is 15.3. The van der Waals surface area contributed by atoms with Gasteiger partial charge in [-0.05, 0) is 107 Å². The molecule has 0 N–H and O–H groups in total. The van der Waals surface area contributed by atoms with Crippen molar-refractivity contribution in [1.29, 1.82) is 5.26 Å². The molecule has 6 nitrogen and oxygen atoms in total. The Morgan fingerprint density at radius 1 is 0.500 bits per heavy atom. The van der Waals surface area contributed by atoms with Gasteiger partial charge in [-0.15, -0.1) is 0 Å². The van der Waals surface area contributed by atoms with Crippen molar-refractivity contribution in [3.8, 4) is 34.1 Å². The van der Waals surface area contributed by atoms with Crippen molar-refractivity contribution in [2.75, 3.05) is 9.80 Å². The van der Waals surface area contributed by atoms with E-state index in [2.05, 4.69) is 171 Å². The molecule has 0 saturated heterocycles. The van der Waals surface area contributed by atoms with Gasteiger partial charge < -0.3 is 4.90 Å². The van der Waals surface area contributed by atoms with Crippen LogP contribution in [0.1, 0.15) is 5.56 Å². The smallest absolute Gasteiger partial charge is 0.187 e. The zero-order chi connectivity index (χ0) is 41.6. The number of fused-ring (bicyclic) bond motifs is 5. The molecule has 0 unspecified atom stereocenters. The second-order valence-corrected chi connectivity index (χ2v) is 16.2. The van der Waals surface area contributed by atoms with E-state index in [0.29, 0.717) is 11.3 Å². The van der Waals surface area contributed by atoms with Crippen LogP contribution in [0.5, 0.6) is 0 Å². The summed E-state index contributed by atoms with van der Waals surface area (Å²) in [5.74, 6) is 1.48. The Labute approximate surface area is 363 Å². The number of rotatable bonds is 7. The molecule has 62 heavy (non-hydrogen) atoms. The molecule has 1 aliphatic heterocycles. The van der Waals surface area contributed by atoms with Gasteiger partial charge in [0.05, 0.1) is 46.3 Å². The summed E-state index contributed by atoms with van der Waals surface area (Å²) < 4.78 is 2.29. The molecule has 1 aliphatic rings. The lowest BCUT2D eigenvalue weighted by Gasteiger charge is -2.33. The maximum atomic E-state index is 9.77. The Hall–Kier alpha value is -8.36. The standard InChI is InChI=1S/C55H34N6S/c1-57-42-24-28-44(29-25-42)59(43-26-20-37(36-56)21-27-43)45-34-54(58-55(35-45)61-50-16-8-10-18-52(50)62-53-19-11-9-17-51(53)61)60-48-30-22-40(38-12-4-2-5-13-38)32-46(48)47-33-41(23-31-49(47)60)39-14-6-3-7-15-39/h2-35H. The molecule has 0 radical (unpaired) electrons. The summed E-state index contributed by atoms with van der Waals surface area (Å²) in [5, 5.41) is 12.0. The van der Waals surface area contributed by atoms with Gasteiger partial charge in [0.1, 0.15) is 11.6 Å². The van der Waals surface area contributed by atoms with Crippen molar-refractivity contribution >= 4 is 73.5 Å². The lowest BCUT2D eigenvalue weighted by Crippen LogP contribution is -2.18. The minimum Gasteiger partial charge on any atom is -0.310 e. The van der Waals surface area contributed by atoms with E-state index < -0.39 is 0 Å². The van der Waals surface area contributed by atoms with Gasteiger partial charge in [0.2, 0.25) is 0 Å². The fraction of sp³-hybridized carbons (Fsp3) is 0. The van der Waals surface area contributed by atoms with E-state index >= 15 is 0 Å². The quantitative estimate of drug-likeness (QED) is 0.150. The number of aromatic nitrogens is 2. The first-order valence-corrected chi connectivity index (χ1v) is 21.1. The van der Waals surface area contributed by atoms with Crippen LogP contribution in [0.25, 0.3) is 54.7 Å². The third-order valence-corrected chi connectivity index (χ3v) is 12.5. The van der Waals surface area contributed by atoms with Crippen LogP contribution >= 0.6 is 11.8 Å². The van der Waals surface area contributed by atoms with Crippen LogP contribution in [0, 0.1) is 17.9 Å². The first kappa shape index (κ1) is 36.7. The van der Waals surface area contributed by atoms with E-state index in [-0.39, 0.29) is 0 Å². The van der Waals surface area contributed by atoms with Crippen LogP contribution < -0.4 is 9.80 Å². The summed E-state index contributed by atoms with van der Waals surface area (Å²) in [7, 11) is 0. The summed E-state index contributed by atoms with van der Waals surface area (Å²) in [6, 6.07) is 73.3. The first-order chi connectivity index (χ1) is 30.6. The molecule has 0 atom stereocenters. The number of nitrogens with zero attached hydrogens (tertiary/aromatic N) is 6. The summed E-state index contributed by atoms with van der Waals surface area (Å²) >= 11 is 1.76. The minimum absolute atomic E-state index is 0.554. The molecule has 0 bridgehead atoms. The summed E-state index contributed by atoms with van der Waals surface area (Å²) in [4.78, 5) is 16.1. The number of para-hydroxylation sites is 2. The molecule has 10 aromatic rings. The molecule has 0 aliphatic carbocycles. The fourth-order valence-corrected chi connectivity index (χ4v) is 9.55. The van der Waals surface area contributed by atoms with Gasteiger partial charge in [0.15, 0.2) is 5.69 Å². The topological polar surface area (TPSA) is 52.5 Å². The van der Waals surface area contributed by atoms with Gasteiger partial charge in [-0.25, -0.2) is 9.83 Å². The van der Waals surface area contributed by atoms with E-state index in [4.69, 9.17) is 11.6 Å². The monoisotopic (exact) mass is 810 g/mol. The van der Waals surface area contributed by atoms with Crippen LogP contribution in [-0.2, 0) is 0 Å². The summed E-state index contributed by atoms with van der Waals surface area (Å²) in [6.45, 7) is 7.68. The van der Waals surface area contributed by atoms with Crippen LogP contribution in [0.3, 0.4) is 0 Å². The average Bonchev–Trinajstić information content (AvgIpc) is 3.67. The number of anilines is 6. The Morgan fingerprint density at radius 3 is 1.53 bits per heavy atom. The third kappa shape index (κ3) is 6.42. The molecule has 11 rings (SSSR count). The number of nitriles is 1. The van der Waals surface area contributed by atoms with Crippen molar-refractivity contribution in [3.05, 3.63) is 223 Å². The Kier molecular flexibility index (Phi) is 9.08. The highest BCUT2D eigenvalue weighted by Crippen LogP contribution is 2.52. The molecule has 0 saturated carbocycles. The lowest BCUT2D eigenvalue weighted by atomic mass is 10.0. The van der Waals surface area contributed by atoms with Crippen LogP contribution in [0.2, 0.25) is 0 Å². The van der Waals surface area contributed by atoms with Crippen molar-refractivity contribution in [1.82, 2.24) is 9.55 Å². The maximum Gasteiger partial charge on any atom is 0.187 e. The van der Waals surface area contributed by atoms with Crippen molar-refractivity contribution < 1.29 is 0 Å². The summed E-state index contributed by atoms with van der Waals surface area (Å²) in [6.07, 6.45) is 0. The van der Waals surface area contributed by atoms with E-state index in [9.17, 15) is 5.26 Å². The highest BCUT2D eigenvalue weighted by atomic mass is 32.2. The van der Waals surface area contributed by atoms with Gasteiger partial charge in [0, 0.05) is 44.1 Å². The molecule has 0 fully saturated rings. The largest absolute Gasteiger partial charge is 0.310 e. The second kappa shape index (κ2) is 15.3. The molecule has 0 amide bonds. The van der Waals surface area contributed by atoms with E-state index in [1.807, 2.05) is 60.7 Å². The van der Waals surface area contributed by atoms with Crippen molar-refractivity contribution in [2.24, 2.45) is 0 Å². The lowest BCUT2D eigenvalue weighted by molar-refractivity contribution is 1.04. The summed E-state index contributed by atoms with van der Waals surface area (Å²) in [5.41, 5.74) is 12.4. The Bertz CT molecular complexity index is 3200. The fourth-order valence-electron chi connectivity index (χ4n) is 8.50. The number of hydrogen-bond donors (Lipinski definition) is 0. The average molecular weight is 811 g/mol. The first-order valence-electron chi connectivity index (χ1n) is 20.3. The normalized spacial score (nSPS) is 11.7. The molecule has 2 aromatic heterocycles. The number of hydrogen-bond acceptors (Lipinski definition) is 5. The van der Waals surface area contributed by atoms with Gasteiger partial charge in [-0.1, -0.05) is 121 Å². The van der Waals surface area contributed by atoms with Crippen LogP contribution in [0.15, 0.2) is 216 Å². The number of benzene rings is 8. The van der Waals surface area contributed by atoms with Gasteiger partial charge in [-0.2, -0.15) is 5.26 Å². The van der Waals surface area contributed by atoms with Crippen molar-refractivity contribution in [2.45, 2.75) is 9.79 Å². The van der Waals surface area contributed by atoms with E-state index in [1.165, 1.54) is 0 Å². The minimum atomic E-state index is 0.554. The molecule has 7 heteroatoms. The van der Waals surface area contributed by atoms with E-state index in [1.54, 1.807) is 11.8 Å². The van der Waals surface area contributed by atoms with Gasteiger partial charge in [-0.3, -0.25) is 9.47 Å². The second-order valence-electron chi connectivity index (χ2n) is 15.1. The Morgan fingerprint density at radius 2 is 1.00 bits per heavy atom. The SMILES string of the molecule is [C-]#[N+]c1ccc(N(c2ccc(C#N)cc2)c2cc(N3c4ccccc4Sc4ccccc43)nc(-n3c4ccc(-c5ccccc5)cc4c4cc(-c5ccccc5)ccc43)c2)cc1.